The van der Waals surface area contributed by atoms with Gasteiger partial charge >= 0.3 is 0 Å². The van der Waals surface area contributed by atoms with E-state index in [1.807, 2.05) is 25.9 Å². The zero-order valence-corrected chi connectivity index (χ0v) is 12.9. The van der Waals surface area contributed by atoms with Crippen molar-refractivity contribution in [3.05, 3.63) is 24.3 Å². The van der Waals surface area contributed by atoms with Crippen LogP contribution in [-0.4, -0.2) is 43.8 Å². The molecule has 2 heterocycles. The van der Waals surface area contributed by atoms with E-state index in [1.165, 1.54) is 5.69 Å². The summed E-state index contributed by atoms with van der Waals surface area (Å²) in [5.41, 5.74) is 2.43. The number of benzene rings is 1. The quantitative estimate of drug-likeness (QED) is 0.909. The monoisotopic (exact) mass is 291 g/mol. The highest BCUT2D eigenvalue weighted by atomic mass is 32.2. The number of rotatable bonds is 2. The minimum absolute atomic E-state index is 0.120. The number of hydrogen-bond donors (Lipinski definition) is 1. The van der Waals surface area contributed by atoms with Crippen LogP contribution in [0.1, 0.15) is 12.8 Å². The van der Waals surface area contributed by atoms with Gasteiger partial charge in [-0.3, -0.25) is 4.99 Å². The van der Waals surface area contributed by atoms with Crippen LogP contribution in [0.2, 0.25) is 0 Å². The van der Waals surface area contributed by atoms with Gasteiger partial charge in [-0.2, -0.15) is 0 Å². The van der Waals surface area contributed by atoms with Crippen LogP contribution < -0.4 is 10.2 Å². The Labute approximate surface area is 124 Å². The SMILES string of the molecule is CN(C)c1ccc(NC2=NC3(CCOCC3)CS2)cc1. The molecule has 1 N–H and O–H groups in total. The van der Waals surface area contributed by atoms with Crippen molar-refractivity contribution in [3.63, 3.8) is 0 Å². The second-order valence-electron chi connectivity index (χ2n) is 5.61. The van der Waals surface area contributed by atoms with E-state index in [1.54, 1.807) is 0 Å². The summed E-state index contributed by atoms with van der Waals surface area (Å²) in [5, 5.41) is 4.48. The first-order chi connectivity index (χ1) is 9.67. The van der Waals surface area contributed by atoms with Crippen LogP contribution in [-0.2, 0) is 4.74 Å². The zero-order valence-electron chi connectivity index (χ0n) is 12.1. The molecule has 108 valence electrons. The van der Waals surface area contributed by atoms with E-state index in [9.17, 15) is 0 Å². The minimum Gasteiger partial charge on any atom is -0.381 e. The fraction of sp³-hybridized carbons (Fsp3) is 0.533. The molecule has 0 aromatic heterocycles. The normalized spacial score (nSPS) is 20.8. The highest BCUT2D eigenvalue weighted by Crippen LogP contribution is 2.36. The van der Waals surface area contributed by atoms with Crippen LogP contribution >= 0.6 is 11.8 Å². The number of nitrogens with one attached hydrogen (secondary N) is 1. The summed E-state index contributed by atoms with van der Waals surface area (Å²) < 4.78 is 5.44. The van der Waals surface area contributed by atoms with Gasteiger partial charge < -0.3 is 15.0 Å². The molecule has 0 radical (unpaired) electrons. The van der Waals surface area contributed by atoms with Gasteiger partial charge in [0.1, 0.15) is 0 Å². The first-order valence-corrected chi connectivity index (χ1v) is 8.00. The molecular weight excluding hydrogens is 270 g/mol. The highest BCUT2D eigenvalue weighted by Gasteiger charge is 2.37. The minimum atomic E-state index is 0.120. The van der Waals surface area contributed by atoms with Crippen molar-refractivity contribution >= 4 is 28.3 Å². The van der Waals surface area contributed by atoms with Crippen LogP contribution in [0, 0.1) is 0 Å². The van der Waals surface area contributed by atoms with Gasteiger partial charge in [0.2, 0.25) is 0 Å². The van der Waals surface area contributed by atoms with E-state index < -0.39 is 0 Å². The fourth-order valence-electron chi connectivity index (χ4n) is 2.52. The number of ether oxygens (including phenoxy) is 1. The third-order valence-corrected chi connectivity index (χ3v) is 5.02. The molecule has 0 aliphatic carbocycles. The lowest BCUT2D eigenvalue weighted by molar-refractivity contribution is 0.0624. The van der Waals surface area contributed by atoms with E-state index in [0.29, 0.717) is 0 Å². The number of thioether (sulfide) groups is 1. The molecule has 3 rings (SSSR count). The van der Waals surface area contributed by atoms with Gasteiger partial charge in [-0.25, -0.2) is 0 Å². The van der Waals surface area contributed by atoms with Gasteiger partial charge in [0, 0.05) is 44.4 Å². The Kier molecular flexibility index (Phi) is 3.89. The molecule has 2 aliphatic rings. The van der Waals surface area contributed by atoms with E-state index >= 15 is 0 Å². The Balaban J connectivity index is 1.67. The molecule has 1 spiro atoms. The molecule has 1 aromatic carbocycles. The van der Waals surface area contributed by atoms with Gasteiger partial charge in [-0.05, 0) is 37.1 Å². The van der Waals surface area contributed by atoms with Crippen molar-refractivity contribution in [1.82, 2.24) is 0 Å². The van der Waals surface area contributed by atoms with Crippen molar-refractivity contribution in [2.75, 3.05) is 43.3 Å². The maximum Gasteiger partial charge on any atom is 0.161 e. The smallest absolute Gasteiger partial charge is 0.161 e. The van der Waals surface area contributed by atoms with Gasteiger partial charge in [-0.1, -0.05) is 11.8 Å². The molecule has 1 aromatic rings. The Bertz CT molecular complexity index is 492. The molecule has 5 heteroatoms. The molecular formula is C15H21N3OS. The molecule has 0 atom stereocenters. The number of amidine groups is 1. The van der Waals surface area contributed by atoms with E-state index in [4.69, 9.17) is 9.73 Å². The predicted octanol–water partition coefficient (Wildman–Crippen LogP) is 2.82. The summed E-state index contributed by atoms with van der Waals surface area (Å²) >= 11 is 1.83. The van der Waals surface area contributed by atoms with E-state index in [2.05, 4.69) is 34.5 Å². The second-order valence-corrected chi connectivity index (χ2v) is 6.57. The van der Waals surface area contributed by atoms with Crippen molar-refractivity contribution in [2.24, 2.45) is 4.99 Å². The molecule has 1 saturated heterocycles. The molecule has 0 unspecified atom stereocenters. The Morgan fingerprint density at radius 3 is 2.55 bits per heavy atom. The van der Waals surface area contributed by atoms with Crippen LogP contribution in [0.5, 0.6) is 0 Å². The van der Waals surface area contributed by atoms with Crippen LogP contribution in [0.4, 0.5) is 11.4 Å². The summed E-state index contributed by atoms with van der Waals surface area (Å²) in [4.78, 5) is 7.01. The molecule has 0 saturated carbocycles. The lowest BCUT2D eigenvalue weighted by Crippen LogP contribution is -2.34. The third-order valence-electron chi connectivity index (χ3n) is 3.87. The third kappa shape index (κ3) is 2.94. The number of nitrogens with zero attached hydrogens (tertiary/aromatic N) is 2. The van der Waals surface area contributed by atoms with E-state index in [-0.39, 0.29) is 5.54 Å². The van der Waals surface area contributed by atoms with Crippen molar-refractivity contribution in [1.29, 1.82) is 0 Å². The first-order valence-electron chi connectivity index (χ1n) is 7.02. The summed E-state index contributed by atoms with van der Waals surface area (Å²) in [6.45, 7) is 1.68. The maximum atomic E-state index is 5.44. The second kappa shape index (κ2) is 5.66. The van der Waals surface area contributed by atoms with Gasteiger partial charge in [0.15, 0.2) is 5.17 Å². The number of aliphatic imine (C=N–C) groups is 1. The first kappa shape index (κ1) is 13.8. The van der Waals surface area contributed by atoms with Gasteiger partial charge in [0.25, 0.3) is 0 Å². The average molecular weight is 291 g/mol. The Morgan fingerprint density at radius 2 is 1.90 bits per heavy atom. The molecule has 2 aliphatic heterocycles. The lowest BCUT2D eigenvalue weighted by Gasteiger charge is -2.29. The summed E-state index contributed by atoms with van der Waals surface area (Å²) in [7, 11) is 4.10. The fourth-order valence-corrected chi connectivity index (χ4v) is 3.73. The van der Waals surface area contributed by atoms with Crippen molar-refractivity contribution < 1.29 is 4.74 Å². The molecule has 0 bridgehead atoms. The Morgan fingerprint density at radius 1 is 1.20 bits per heavy atom. The predicted molar refractivity (Wildman–Crippen MR) is 87.1 cm³/mol. The van der Waals surface area contributed by atoms with Crippen LogP contribution in [0.3, 0.4) is 0 Å². The summed E-state index contributed by atoms with van der Waals surface area (Å²) in [6.07, 6.45) is 2.09. The summed E-state index contributed by atoms with van der Waals surface area (Å²) in [6, 6.07) is 8.44. The zero-order chi connectivity index (χ0) is 14.0. The van der Waals surface area contributed by atoms with Gasteiger partial charge in [0.05, 0.1) is 5.54 Å². The lowest BCUT2D eigenvalue weighted by atomic mass is 9.93. The van der Waals surface area contributed by atoms with Crippen LogP contribution in [0.15, 0.2) is 29.3 Å². The number of hydrogen-bond acceptors (Lipinski definition) is 5. The highest BCUT2D eigenvalue weighted by molar-refractivity contribution is 8.14. The molecule has 4 nitrogen and oxygen atoms in total. The maximum absolute atomic E-state index is 5.44. The average Bonchev–Trinajstić information content (AvgIpc) is 2.83. The Hall–Kier alpha value is -1.20. The topological polar surface area (TPSA) is 36.9 Å². The molecule has 1 fully saturated rings. The van der Waals surface area contributed by atoms with Crippen molar-refractivity contribution in [3.8, 4) is 0 Å². The molecule has 20 heavy (non-hydrogen) atoms. The number of anilines is 2. The van der Waals surface area contributed by atoms with E-state index in [0.717, 1.165) is 42.7 Å². The van der Waals surface area contributed by atoms with Gasteiger partial charge in [-0.15, -0.1) is 0 Å². The van der Waals surface area contributed by atoms with Crippen LogP contribution in [0.25, 0.3) is 0 Å². The summed E-state index contributed by atoms with van der Waals surface area (Å²) in [5.74, 6) is 1.08. The largest absolute Gasteiger partial charge is 0.381 e. The van der Waals surface area contributed by atoms with Crippen molar-refractivity contribution in [2.45, 2.75) is 18.4 Å². The molecule has 0 amide bonds. The standard InChI is InChI=1S/C15H21N3OS/c1-18(2)13-5-3-12(4-6-13)16-14-17-15(11-20-14)7-9-19-10-8-15/h3-6H,7-11H2,1-2H3,(H,16,17).